The number of hydrogen-bond acceptors (Lipinski definition) is 3. The SMILES string of the molecule is O=C(CC(F)F)OC(=O)CC(F)F. The Labute approximate surface area is 70.7 Å². The lowest BCUT2D eigenvalue weighted by atomic mass is 10.4. The number of esters is 2. The van der Waals surface area contributed by atoms with Gasteiger partial charge in [-0.1, -0.05) is 0 Å². The summed E-state index contributed by atoms with van der Waals surface area (Å²) in [6.07, 6.45) is -8.44. The number of alkyl halides is 4. The van der Waals surface area contributed by atoms with Crippen LogP contribution >= 0.6 is 0 Å². The molecule has 0 aliphatic carbocycles. The number of carbonyl (C=O) groups excluding carboxylic acids is 2. The lowest BCUT2D eigenvalue weighted by Crippen LogP contribution is -2.16. The monoisotopic (exact) mass is 202 g/mol. The highest BCUT2D eigenvalue weighted by molar-refractivity contribution is 5.85. The molecule has 76 valence electrons. The molecule has 0 atom stereocenters. The van der Waals surface area contributed by atoms with E-state index in [9.17, 15) is 27.2 Å². The second kappa shape index (κ2) is 5.50. The predicted octanol–water partition coefficient (Wildman–Crippen LogP) is 1.37. The Hall–Kier alpha value is -1.14. The van der Waals surface area contributed by atoms with Crippen molar-refractivity contribution in [1.82, 2.24) is 0 Å². The van der Waals surface area contributed by atoms with E-state index in [1.54, 1.807) is 0 Å². The molecule has 0 fully saturated rings. The Morgan fingerprint density at radius 2 is 1.23 bits per heavy atom. The van der Waals surface area contributed by atoms with Gasteiger partial charge in [0.15, 0.2) is 0 Å². The van der Waals surface area contributed by atoms with Crippen molar-refractivity contribution >= 4 is 11.9 Å². The Morgan fingerprint density at radius 1 is 0.923 bits per heavy atom. The fourth-order valence-electron chi connectivity index (χ4n) is 0.462. The summed E-state index contributed by atoms with van der Waals surface area (Å²) >= 11 is 0. The van der Waals surface area contributed by atoms with E-state index in [2.05, 4.69) is 4.74 Å². The topological polar surface area (TPSA) is 43.4 Å². The summed E-state index contributed by atoms with van der Waals surface area (Å²) in [6.45, 7) is 0. The number of halogens is 4. The van der Waals surface area contributed by atoms with Crippen LogP contribution in [0.3, 0.4) is 0 Å². The zero-order valence-corrected chi connectivity index (χ0v) is 6.31. The van der Waals surface area contributed by atoms with Gasteiger partial charge in [-0.25, -0.2) is 17.6 Å². The molecular formula is C6H6F4O3. The lowest BCUT2D eigenvalue weighted by molar-refractivity contribution is -0.162. The Bertz CT molecular complexity index is 172. The normalized spacial score (nSPS) is 10.6. The number of rotatable bonds is 4. The zero-order valence-electron chi connectivity index (χ0n) is 6.31. The van der Waals surface area contributed by atoms with Crippen molar-refractivity contribution in [3.05, 3.63) is 0 Å². The molecule has 0 unspecified atom stereocenters. The standard InChI is InChI=1S/C6H6F4O3/c7-3(8)1-5(11)13-6(12)2-4(9)10/h3-4H,1-2H2. The summed E-state index contributed by atoms with van der Waals surface area (Å²) in [5.41, 5.74) is 0. The highest BCUT2D eigenvalue weighted by Crippen LogP contribution is 2.04. The van der Waals surface area contributed by atoms with Crippen molar-refractivity contribution in [1.29, 1.82) is 0 Å². The van der Waals surface area contributed by atoms with E-state index in [1.165, 1.54) is 0 Å². The first-order chi connectivity index (χ1) is 5.91. The Kier molecular flexibility index (Phi) is 5.01. The molecule has 0 aromatic rings. The molecule has 0 saturated carbocycles. The first kappa shape index (κ1) is 11.9. The fraction of sp³-hybridized carbons (Fsp3) is 0.667. The molecule has 0 radical (unpaired) electrons. The van der Waals surface area contributed by atoms with Gasteiger partial charge in [-0.2, -0.15) is 0 Å². The molecule has 3 nitrogen and oxygen atoms in total. The molecule has 0 N–H and O–H groups in total. The van der Waals surface area contributed by atoms with Crippen LogP contribution in [-0.4, -0.2) is 24.8 Å². The van der Waals surface area contributed by atoms with Crippen molar-refractivity contribution in [2.24, 2.45) is 0 Å². The van der Waals surface area contributed by atoms with Gasteiger partial charge in [-0.15, -0.1) is 0 Å². The predicted molar refractivity (Wildman–Crippen MR) is 32.3 cm³/mol. The third kappa shape index (κ3) is 7.23. The fourth-order valence-corrected chi connectivity index (χ4v) is 0.462. The smallest absolute Gasteiger partial charge is 0.319 e. The van der Waals surface area contributed by atoms with Crippen molar-refractivity contribution in [2.45, 2.75) is 25.7 Å². The van der Waals surface area contributed by atoms with E-state index in [0.29, 0.717) is 0 Å². The third-order valence-corrected chi connectivity index (χ3v) is 0.870. The first-order valence-corrected chi connectivity index (χ1v) is 3.21. The minimum atomic E-state index is -2.95. The van der Waals surface area contributed by atoms with Crippen LogP contribution in [0.1, 0.15) is 12.8 Å². The second-order valence-electron chi connectivity index (χ2n) is 2.04. The maximum Gasteiger partial charge on any atom is 0.319 e. The van der Waals surface area contributed by atoms with E-state index >= 15 is 0 Å². The number of ether oxygens (including phenoxy) is 1. The summed E-state index contributed by atoms with van der Waals surface area (Å²) < 4.78 is 49.4. The van der Waals surface area contributed by atoms with Crippen LogP contribution in [0.2, 0.25) is 0 Å². The average molecular weight is 202 g/mol. The maximum atomic E-state index is 11.4. The van der Waals surface area contributed by atoms with Crippen LogP contribution in [0.25, 0.3) is 0 Å². The minimum Gasteiger partial charge on any atom is -0.393 e. The van der Waals surface area contributed by atoms with Crippen LogP contribution < -0.4 is 0 Å². The number of carbonyl (C=O) groups is 2. The molecule has 0 aliphatic rings. The van der Waals surface area contributed by atoms with Gasteiger partial charge in [0, 0.05) is 0 Å². The molecule has 0 heterocycles. The van der Waals surface area contributed by atoms with Crippen molar-refractivity contribution < 1.29 is 31.9 Å². The molecule has 0 rings (SSSR count). The van der Waals surface area contributed by atoms with Gasteiger partial charge in [-0.05, 0) is 0 Å². The van der Waals surface area contributed by atoms with Crippen molar-refractivity contribution in [3.63, 3.8) is 0 Å². The summed E-state index contributed by atoms with van der Waals surface area (Å²) in [4.78, 5) is 20.6. The third-order valence-electron chi connectivity index (χ3n) is 0.870. The van der Waals surface area contributed by atoms with Crippen molar-refractivity contribution in [2.75, 3.05) is 0 Å². The van der Waals surface area contributed by atoms with Gasteiger partial charge in [0.2, 0.25) is 12.9 Å². The van der Waals surface area contributed by atoms with E-state index in [4.69, 9.17) is 0 Å². The van der Waals surface area contributed by atoms with Gasteiger partial charge in [-0.3, -0.25) is 9.59 Å². The molecule has 0 aromatic heterocycles. The second-order valence-corrected chi connectivity index (χ2v) is 2.04. The summed E-state index contributed by atoms with van der Waals surface area (Å²) in [6, 6.07) is 0. The van der Waals surface area contributed by atoms with Crippen LogP contribution in [0.5, 0.6) is 0 Å². The molecule has 0 amide bonds. The van der Waals surface area contributed by atoms with E-state index in [-0.39, 0.29) is 0 Å². The Morgan fingerprint density at radius 3 is 1.46 bits per heavy atom. The molecule has 0 saturated heterocycles. The van der Waals surface area contributed by atoms with Crippen LogP contribution in [-0.2, 0) is 14.3 Å². The molecule has 0 aliphatic heterocycles. The minimum absolute atomic E-state index is 1.27. The Balaban J connectivity index is 3.72. The van der Waals surface area contributed by atoms with Crippen LogP contribution in [0.15, 0.2) is 0 Å². The molecule has 7 heteroatoms. The van der Waals surface area contributed by atoms with Crippen LogP contribution in [0, 0.1) is 0 Å². The van der Waals surface area contributed by atoms with Gasteiger partial charge < -0.3 is 4.74 Å². The van der Waals surface area contributed by atoms with Crippen molar-refractivity contribution in [3.8, 4) is 0 Å². The average Bonchev–Trinajstić information content (AvgIpc) is 1.80. The maximum absolute atomic E-state index is 11.4. The molecular weight excluding hydrogens is 196 g/mol. The first-order valence-electron chi connectivity index (χ1n) is 3.21. The van der Waals surface area contributed by atoms with Gasteiger partial charge >= 0.3 is 11.9 Å². The summed E-state index contributed by atoms with van der Waals surface area (Å²) in [5, 5.41) is 0. The largest absolute Gasteiger partial charge is 0.393 e. The van der Waals surface area contributed by atoms with Gasteiger partial charge in [0.25, 0.3) is 0 Å². The molecule has 13 heavy (non-hydrogen) atoms. The van der Waals surface area contributed by atoms with Gasteiger partial charge in [0.1, 0.15) is 12.8 Å². The van der Waals surface area contributed by atoms with E-state index in [1.807, 2.05) is 0 Å². The van der Waals surface area contributed by atoms with Crippen LogP contribution in [0.4, 0.5) is 17.6 Å². The molecule has 0 bridgehead atoms. The molecule has 0 spiro atoms. The van der Waals surface area contributed by atoms with Gasteiger partial charge in [0.05, 0.1) is 0 Å². The zero-order chi connectivity index (χ0) is 10.4. The van der Waals surface area contributed by atoms with E-state index < -0.39 is 37.6 Å². The number of hydrogen-bond donors (Lipinski definition) is 0. The highest BCUT2D eigenvalue weighted by atomic mass is 19.3. The lowest BCUT2D eigenvalue weighted by Gasteiger charge is -2.01. The molecule has 0 aromatic carbocycles. The highest BCUT2D eigenvalue weighted by Gasteiger charge is 2.18. The quantitative estimate of drug-likeness (QED) is 0.392. The summed E-state index contributed by atoms with van der Waals surface area (Å²) in [5.74, 6) is -3.00. The van der Waals surface area contributed by atoms with E-state index in [0.717, 1.165) is 0 Å². The summed E-state index contributed by atoms with van der Waals surface area (Å²) in [7, 11) is 0.